The minimum absolute atomic E-state index is 0.214. The van der Waals surface area contributed by atoms with E-state index in [2.05, 4.69) is 10.00 Å². The van der Waals surface area contributed by atoms with Gasteiger partial charge in [0.15, 0.2) is 5.78 Å². The van der Waals surface area contributed by atoms with Gasteiger partial charge in [-0.05, 0) is 57.1 Å². The van der Waals surface area contributed by atoms with Gasteiger partial charge in [0.1, 0.15) is 0 Å². The Labute approximate surface area is 146 Å². The SMILES string of the molecule is Cc1cc(CC(=O)CN2CCCC2)nn1-c1ccc(Cl)c(Cl)c1. The average molecular weight is 352 g/mol. The van der Waals surface area contributed by atoms with E-state index in [0.717, 1.165) is 30.2 Å². The van der Waals surface area contributed by atoms with Crippen LogP contribution < -0.4 is 0 Å². The van der Waals surface area contributed by atoms with E-state index in [1.165, 1.54) is 12.8 Å². The zero-order valence-corrected chi connectivity index (χ0v) is 14.6. The Hall–Kier alpha value is -1.36. The second-order valence-electron chi connectivity index (χ2n) is 5.99. The molecule has 2 heterocycles. The lowest BCUT2D eigenvalue weighted by Crippen LogP contribution is -2.27. The van der Waals surface area contributed by atoms with Crippen molar-refractivity contribution in [2.24, 2.45) is 0 Å². The van der Waals surface area contributed by atoms with Gasteiger partial charge in [-0.15, -0.1) is 0 Å². The average Bonchev–Trinajstić information content (AvgIpc) is 3.12. The Kier molecular flexibility index (Phi) is 5.05. The highest BCUT2D eigenvalue weighted by molar-refractivity contribution is 6.42. The molecule has 4 nitrogen and oxygen atoms in total. The van der Waals surface area contributed by atoms with Crippen LogP contribution >= 0.6 is 23.2 Å². The highest BCUT2D eigenvalue weighted by atomic mass is 35.5. The monoisotopic (exact) mass is 351 g/mol. The number of nitrogens with zero attached hydrogens (tertiary/aromatic N) is 3. The zero-order valence-electron chi connectivity index (χ0n) is 13.1. The largest absolute Gasteiger partial charge is 0.298 e. The molecule has 1 aromatic heterocycles. The number of aryl methyl sites for hydroxylation is 1. The number of likely N-dealkylation sites (tertiary alicyclic amines) is 1. The van der Waals surface area contributed by atoms with E-state index < -0.39 is 0 Å². The summed E-state index contributed by atoms with van der Waals surface area (Å²) in [4.78, 5) is 14.4. The summed E-state index contributed by atoms with van der Waals surface area (Å²) in [6.07, 6.45) is 2.75. The van der Waals surface area contributed by atoms with Crippen molar-refractivity contribution >= 4 is 29.0 Å². The molecule has 1 saturated heterocycles. The predicted molar refractivity (Wildman–Crippen MR) is 92.7 cm³/mol. The summed E-state index contributed by atoms with van der Waals surface area (Å²) >= 11 is 12.0. The van der Waals surface area contributed by atoms with E-state index in [1.54, 1.807) is 16.8 Å². The first kappa shape index (κ1) is 16.5. The Bertz CT molecular complexity index is 721. The lowest BCUT2D eigenvalue weighted by molar-refractivity contribution is -0.119. The molecule has 1 aliphatic rings. The van der Waals surface area contributed by atoms with Gasteiger partial charge in [0.05, 0.1) is 34.4 Å². The molecule has 2 aromatic rings. The van der Waals surface area contributed by atoms with Crippen molar-refractivity contribution in [3.8, 4) is 5.69 Å². The molecule has 23 heavy (non-hydrogen) atoms. The summed E-state index contributed by atoms with van der Waals surface area (Å²) in [6, 6.07) is 7.34. The number of carbonyl (C=O) groups is 1. The van der Waals surface area contributed by atoms with E-state index in [1.807, 2.05) is 19.1 Å². The number of aromatic nitrogens is 2. The molecule has 6 heteroatoms. The van der Waals surface area contributed by atoms with Gasteiger partial charge in [-0.2, -0.15) is 5.10 Å². The summed E-state index contributed by atoms with van der Waals surface area (Å²) in [7, 11) is 0. The third kappa shape index (κ3) is 3.94. The first-order valence-electron chi connectivity index (χ1n) is 7.78. The summed E-state index contributed by atoms with van der Waals surface area (Å²) in [5.74, 6) is 0.214. The van der Waals surface area contributed by atoms with Crippen molar-refractivity contribution in [3.63, 3.8) is 0 Å². The van der Waals surface area contributed by atoms with E-state index in [4.69, 9.17) is 23.2 Å². The standard InChI is InChI=1S/C17H19Cl2N3O/c1-12-8-13(9-15(23)11-21-6-2-3-7-21)20-22(12)14-4-5-16(18)17(19)10-14/h4-5,8,10H,2-3,6-7,9,11H2,1H3. The zero-order chi connectivity index (χ0) is 16.4. The summed E-state index contributed by atoms with van der Waals surface area (Å²) in [5.41, 5.74) is 2.60. The highest BCUT2D eigenvalue weighted by Gasteiger charge is 2.17. The number of ketones is 1. The summed E-state index contributed by atoms with van der Waals surface area (Å²) in [6.45, 7) is 4.55. The van der Waals surface area contributed by atoms with Crippen molar-refractivity contribution in [2.45, 2.75) is 26.2 Å². The Morgan fingerprint density at radius 2 is 1.91 bits per heavy atom. The maximum atomic E-state index is 12.2. The molecule has 0 spiro atoms. The van der Waals surface area contributed by atoms with Gasteiger partial charge in [-0.1, -0.05) is 23.2 Å². The molecule has 0 aliphatic carbocycles. The van der Waals surface area contributed by atoms with Crippen LogP contribution in [-0.4, -0.2) is 40.1 Å². The molecule has 0 atom stereocenters. The number of carbonyl (C=O) groups excluding carboxylic acids is 1. The molecule has 3 rings (SSSR count). The molecule has 0 N–H and O–H groups in total. The van der Waals surface area contributed by atoms with Gasteiger partial charge in [0.25, 0.3) is 0 Å². The fourth-order valence-corrected chi connectivity index (χ4v) is 3.24. The second kappa shape index (κ2) is 7.04. The number of hydrogen-bond acceptors (Lipinski definition) is 3. The van der Waals surface area contributed by atoms with E-state index >= 15 is 0 Å². The van der Waals surface area contributed by atoms with Crippen LogP contribution in [0.2, 0.25) is 10.0 Å². The molecule has 0 saturated carbocycles. The Balaban J connectivity index is 1.72. The van der Waals surface area contributed by atoms with Gasteiger partial charge in [-0.25, -0.2) is 4.68 Å². The van der Waals surface area contributed by atoms with Gasteiger partial charge >= 0.3 is 0 Å². The van der Waals surface area contributed by atoms with Crippen molar-refractivity contribution in [1.82, 2.24) is 14.7 Å². The summed E-state index contributed by atoms with van der Waals surface area (Å²) in [5, 5.41) is 5.55. The quantitative estimate of drug-likeness (QED) is 0.824. The number of benzene rings is 1. The minimum atomic E-state index is 0.214. The van der Waals surface area contributed by atoms with Crippen LogP contribution in [0.5, 0.6) is 0 Å². The maximum Gasteiger partial charge on any atom is 0.152 e. The molecular weight excluding hydrogens is 333 g/mol. The molecule has 1 aromatic carbocycles. The number of rotatable bonds is 5. The van der Waals surface area contributed by atoms with Crippen LogP contribution in [0.15, 0.2) is 24.3 Å². The lowest BCUT2D eigenvalue weighted by Gasteiger charge is -2.12. The first-order chi connectivity index (χ1) is 11.0. The third-order valence-corrected chi connectivity index (χ3v) is 4.80. The topological polar surface area (TPSA) is 38.1 Å². The third-order valence-electron chi connectivity index (χ3n) is 4.06. The molecule has 0 amide bonds. The van der Waals surface area contributed by atoms with Crippen LogP contribution in [-0.2, 0) is 11.2 Å². The van der Waals surface area contributed by atoms with Gasteiger partial charge in [-0.3, -0.25) is 9.69 Å². The van der Waals surface area contributed by atoms with Crippen LogP contribution in [0.1, 0.15) is 24.2 Å². The molecule has 0 bridgehead atoms. The second-order valence-corrected chi connectivity index (χ2v) is 6.80. The van der Waals surface area contributed by atoms with Crippen LogP contribution in [0.4, 0.5) is 0 Å². The fourth-order valence-electron chi connectivity index (χ4n) is 2.95. The fraction of sp³-hybridized carbons (Fsp3) is 0.412. The number of halogens is 2. The number of hydrogen-bond donors (Lipinski definition) is 0. The smallest absolute Gasteiger partial charge is 0.152 e. The molecule has 122 valence electrons. The first-order valence-corrected chi connectivity index (χ1v) is 8.53. The maximum absolute atomic E-state index is 12.2. The molecule has 1 fully saturated rings. The van der Waals surface area contributed by atoms with Crippen molar-refractivity contribution in [1.29, 1.82) is 0 Å². The van der Waals surface area contributed by atoms with Gasteiger partial charge in [0.2, 0.25) is 0 Å². The van der Waals surface area contributed by atoms with Crippen molar-refractivity contribution < 1.29 is 4.79 Å². The predicted octanol–water partition coefficient (Wildman–Crippen LogP) is 3.69. The number of Topliss-reactive ketones (excluding diaryl/α,β-unsaturated/α-hetero) is 1. The summed E-state index contributed by atoms with van der Waals surface area (Å²) < 4.78 is 1.79. The van der Waals surface area contributed by atoms with Crippen molar-refractivity contribution in [2.75, 3.05) is 19.6 Å². The Morgan fingerprint density at radius 1 is 1.17 bits per heavy atom. The normalized spacial score (nSPS) is 15.3. The van der Waals surface area contributed by atoms with Crippen molar-refractivity contribution in [3.05, 3.63) is 45.7 Å². The molecular formula is C17H19Cl2N3O. The van der Waals surface area contributed by atoms with Crippen LogP contribution in [0.3, 0.4) is 0 Å². The minimum Gasteiger partial charge on any atom is -0.298 e. The lowest BCUT2D eigenvalue weighted by atomic mass is 10.2. The molecule has 1 aliphatic heterocycles. The van der Waals surface area contributed by atoms with Crippen LogP contribution in [0, 0.1) is 6.92 Å². The highest BCUT2D eigenvalue weighted by Crippen LogP contribution is 2.25. The van der Waals surface area contributed by atoms with E-state index in [0.29, 0.717) is 23.0 Å². The molecule has 0 radical (unpaired) electrons. The van der Waals surface area contributed by atoms with Crippen LogP contribution in [0.25, 0.3) is 5.69 Å². The van der Waals surface area contributed by atoms with Gasteiger partial charge in [0, 0.05) is 5.69 Å². The van der Waals surface area contributed by atoms with Gasteiger partial charge < -0.3 is 0 Å². The van der Waals surface area contributed by atoms with E-state index in [9.17, 15) is 4.79 Å². The molecule has 0 unspecified atom stereocenters. The Morgan fingerprint density at radius 3 is 2.61 bits per heavy atom. The van der Waals surface area contributed by atoms with E-state index in [-0.39, 0.29) is 5.78 Å².